The highest BCUT2D eigenvalue weighted by Crippen LogP contribution is 2.42. The molecule has 0 spiro atoms. The number of amides is 1. The Kier molecular flexibility index (Phi) is 15.2. The van der Waals surface area contributed by atoms with Crippen molar-refractivity contribution in [3.8, 4) is 5.75 Å². The number of hydrogen-bond donors (Lipinski definition) is 4. The summed E-state index contributed by atoms with van der Waals surface area (Å²) < 4.78 is 42.9. The lowest BCUT2D eigenvalue weighted by Gasteiger charge is -2.37. The minimum atomic E-state index is -1.02. The van der Waals surface area contributed by atoms with Gasteiger partial charge in [-0.1, -0.05) is 31.7 Å². The number of hydrogen-bond acceptors (Lipinski definition) is 10. The molecule has 1 amide bonds. The summed E-state index contributed by atoms with van der Waals surface area (Å²) in [5.41, 5.74) is 8.66. The van der Waals surface area contributed by atoms with Crippen molar-refractivity contribution in [2.75, 3.05) is 49.2 Å². The first-order valence-electron chi connectivity index (χ1n) is 20.7. The number of piperazine rings is 1. The molecule has 2 saturated heterocycles. The molecule has 12 nitrogen and oxygen atoms in total. The van der Waals surface area contributed by atoms with E-state index in [1.807, 2.05) is 37.3 Å². The minimum Gasteiger partial charge on any atom is -0.493 e. The molecule has 1 aromatic heterocycles. The highest BCUT2D eigenvalue weighted by atomic mass is 35.5. The van der Waals surface area contributed by atoms with Gasteiger partial charge in [-0.25, -0.2) is 18.4 Å². The van der Waals surface area contributed by atoms with Gasteiger partial charge in [-0.15, -0.1) is 12.4 Å². The fraction of sp³-hybridized carbons (Fsp3) is 0.523. The van der Waals surface area contributed by atoms with E-state index in [-0.39, 0.29) is 49.0 Å². The van der Waals surface area contributed by atoms with Crippen LogP contribution in [0.2, 0.25) is 0 Å². The van der Waals surface area contributed by atoms with Crippen molar-refractivity contribution in [1.29, 1.82) is 0 Å². The Morgan fingerprint density at radius 3 is 2.22 bits per heavy atom. The fourth-order valence-electron chi connectivity index (χ4n) is 8.70. The maximum Gasteiger partial charge on any atom is 0.251 e. The first-order valence-corrected chi connectivity index (χ1v) is 20.7. The number of rotatable bonds is 10. The lowest BCUT2D eigenvalue weighted by Crippen LogP contribution is -2.46. The van der Waals surface area contributed by atoms with E-state index in [0.717, 1.165) is 99.9 Å². The number of carbonyl (C=O) groups excluding carboxylic acids is 1. The third kappa shape index (κ3) is 11.1. The number of nitrogens with one attached hydrogen (secondary N) is 1. The van der Waals surface area contributed by atoms with Crippen molar-refractivity contribution in [3.05, 3.63) is 102 Å². The van der Waals surface area contributed by atoms with Crippen molar-refractivity contribution in [2.24, 2.45) is 11.7 Å². The zero-order valence-electron chi connectivity index (χ0n) is 33.7. The minimum absolute atomic E-state index is 0. The van der Waals surface area contributed by atoms with Crippen LogP contribution >= 0.6 is 12.4 Å². The number of anilines is 2. The summed E-state index contributed by atoms with van der Waals surface area (Å²) in [6.45, 7) is 6.46. The van der Waals surface area contributed by atoms with Crippen molar-refractivity contribution in [2.45, 2.75) is 101 Å². The number of carbonyl (C=O) groups is 1. The van der Waals surface area contributed by atoms with E-state index in [9.17, 15) is 14.3 Å². The van der Waals surface area contributed by atoms with Gasteiger partial charge in [-0.05, 0) is 93.1 Å². The van der Waals surface area contributed by atoms with Gasteiger partial charge in [0.1, 0.15) is 35.6 Å². The van der Waals surface area contributed by atoms with Gasteiger partial charge in [-0.2, -0.15) is 5.10 Å². The number of halogens is 3. The fourth-order valence-corrected chi connectivity index (χ4v) is 8.70. The van der Waals surface area contributed by atoms with Crippen molar-refractivity contribution in [3.63, 3.8) is 0 Å². The molecule has 2 aliphatic carbocycles. The number of aliphatic hydroxyl groups excluding tert-OH is 2. The topological polar surface area (TPSA) is 151 Å². The normalized spacial score (nSPS) is 25.7. The number of benzene rings is 3. The van der Waals surface area contributed by atoms with Gasteiger partial charge in [0.15, 0.2) is 0 Å². The molecule has 320 valence electrons. The van der Waals surface area contributed by atoms with Gasteiger partial charge < -0.3 is 40.5 Å². The number of nitrogens with two attached hydrogens (primary N) is 1. The quantitative estimate of drug-likeness (QED) is 0.152. The zero-order chi connectivity index (χ0) is 40.6. The van der Waals surface area contributed by atoms with Gasteiger partial charge in [0.25, 0.3) is 5.91 Å². The predicted octanol–water partition coefficient (Wildman–Crippen LogP) is 5.91. The molecule has 4 aromatic rings. The molecule has 2 saturated carbocycles. The van der Waals surface area contributed by atoms with Gasteiger partial charge in [0, 0.05) is 66.7 Å². The highest BCUT2D eigenvalue weighted by Gasteiger charge is 2.45. The standard InChI is InChI=1S/C38H44F2N6O4.C6H13NO.ClH/c1-26-18-31(45-16-14-44(15-17-45)30-9-6-28(7-10-30)37(48)43-34-4-2-3-5-35(34)47)11-13-36(26)49-21-27-20-38(50-22-27,23-46-25-41-24-42-46)32-12-8-29(39)19-33(32)40;7-5-3-1-2-4-6(5)8;/h6-13,18-19,24-25,27,34-35,47H,2-5,14-17,20-23H2,1H3,(H,43,48);5-6,8H,1-4,7H2;1H/t27-,34?,35+,38+;5-,6-;/m10./s1. The number of aryl methyl sites for hydroxylation is 1. The van der Waals surface area contributed by atoms with Crippen molar-refractivity contribution < 1.29 is 33.3 Å². The first kappa shape index (κ1) is 44.2. The van der Waals surface area contributed by atoms with Gasteiger partial charge in [0.2, 0.25) is 0 Å². The number of nitrogens with zero attached hydrogens (tertiary/aromatic N) is 5. The van der Waals surface area contributed by atoms with E-state index in [2.05, 4.69) is 37.3 Å². The Morgan fingerprint density at radius 1 is 0.915 bits per heavy atom. The monoisotopic (exact) mass is 837 g/mol. The number of aromatic nitrogens is 3. The van der Waals surface area contributed by atoms with Crippen LogP contribution in [0.3, 0.4) is 0 Å². The summed E-state index contributed by atoms with van der Waals surface area (Å²) in [7, 11) is 0. The molecule has 1 unspecified atom stereocenters. The Balaban J connectivity index is 0.000000583. The molecular formula is C44H58ClF2N7O5. The summed E-state index contributed by atoms with van der Waals surface area (Å²) in [6, 6.07) is 17.5. The van der Waals surface area contributed by atoms with Crippen LogP contribution in [0.25, 0.3) is 0 Å². The summed E-state index contributed by atoms with van der Waals surface area (Å²) in [5, 5.41) is 26.5. The van der Waals surface area contributed by atoms with Crippen molar-refractivity contribution in [1.82, 2.24) is 20.1 Å². The third-order valence-electron chi connectivity index (χ3n) is 12.1. The zero-order valence-corrected chi connectivity index (χ0v) is 34.5. The Hall–Kier alpha value is -4.34. The molecule has 4 aliphatic rings. The second-order valence-electron chi connectivity index (χ2n) is 16.3. The van der Waals surface area contributed by atoms with Gasteiger partial charge in [0.05, 0.1) is 38.0 Å². The number of ether oxygens (including phenoxy) is 2. The SMILES string of the molecule is Cc1cc(N2CCN(c3ccc(C(=O)NC4CCCC[C@@H]4O)cc3)CC2)ccc1OC[C@@H]1CO[C@@](Cn2cncn2)(c2ccc(F)cc2F)C1.Cl.N[C@H]1CCCC[C@@H]1O. The van der Waals surface area contributed by atoms with Crippen LogP contribution in [-0.4, -0.2) is 94.6 Å². The molecule has 0 radical (unpaired) electrons. The number of aliphatic hydroxyl groups is 2. The third-order valence-corrected chi connectivity index (χ3v) is 12.1. The van der Waals surface area contributed by atoms with Crippen LogP contribution < -0.4 is 25.6 Å². The summed E-state index contributed by atoms with van der Waals surface area (Å²) >= 11 is 0. The molecular weight excluding hydrogens is 780 g/mol. The first-order chi connectivity index (χ1) is 28.1. The second kappa shape index (κ2) is 20.3. The van der Waals surface area contributed by atoms with Crippen LogP contribution in [0, 0.1) is 24.5 Å². The van der Waals surface area contributed by atoms with Crippen molar-refractivity contribution >= 4 is 29.7 Å². The summed E-state index contributed by atoms with van der Waals surface area (Å²) in [5.74, 6) is -0.637. The second-order valence-corrected chi connectivity index (χ2v) is 16.3. The van der Waals surface area contributed by atoms with E-state index in [0.29, 0.717) is 30.8 Å². The lowest BCUT2D eigenvalue weighted by atomic mass is 9.87. The van der Waals surface area contributed by atoms with Crippen LogP contribution in [0.15, 0.2) is 73.3 Å². The Bertz CT molecular complexity index is 1940. The maximum atomic E-state index is 15.0. The van der Waals surface area contributed by atoms with Crippen LogP contribution in [0.1, 0.15) is 79.3 Å². The van der Waals surface area contributed by atoms with Gasteiger partial charge >= 0.3 is 0 Å². The van der Waals surface area contributed by atoms with Crippen LogP contribution in [-0.2, 0) is 16.9 Å². The molecule has 3 aromatic carbocycles. The van der Waals surface area contributed by atoms with Gasteiger partial charge in [-0.3, -0.25) is 4.79 Å². The predicted molar refractivity (Wildman–Crippen MR) is 225 cm³/mol. The Morgan fingerprint density at radius 2 is 1.59 bits per heavy atom. The highest BCUT2D eigenvalue weighted by molar-refractivity contribution is 5.94. The van der Waals surface area contributed by atoms with E-state index in [1.165, 1.54) is 24.9 Å². The maximum absolute atomic E-state index is 15.0. The molecule has 4 fully saturated rings. The molecule has 6 atom stereocenters. The molecule has 15 heteroatoms. The van der Waals surface area contributed by atoms with E-state index in [4.69, 9.17) is 20.3 Å². The van der Waals surface area contributed by atoms with E-state index >= 15 is 4.39 Å². The lowest BCUT2D eigenvalue weighted by molar-refractivity contribution is -0.0206. The largest absolute Gasteiger partial charge is 0.493 e. The molecule has 0 bridgehead atoms. The molecule has 5 N–H and O–H groups in total. The summed E-state index contributed by atoms with van der Waals surface area (Å²) in [6.07, 6.45) is 10.6. The van der Waals surface area contributed by atoms with E-state index in [1.54, 1.807) is 11.0 Å². The smallest absolute Gasteiger partial charge is 0.251 e. The van der Waals surface area contributed by atoms with E-state index < -0.39 is 23.3 Å². The average Bonchev–Trinajstić information content (AvgIpc) is 3.90. The molecule has 59 heavy (non-hydrogen) atoms. The average molecular weight is 838 g/mol. The van der Waals surface area contributed by atoms with Crippen LogP contribution in [0.5, 0.6) is 5.75 Å². The molecule has 8 rings (SSSR count). The molecule has 3 heterocycles. The summed E-state index contributed by atoms with van der Waals surface area (Å²) in [4.78, 5) is 21.5. The van der Waals surface area contributed by atoms with Crippen LogP contribution in [0.4, 0.5) is 20.2 Å². The molecule has 2 aliphatic heterocycles. The Labute approximate surface area is 351 Å².